The number of H-pyrrole nitrogens is 1. The Morgan fingerprint density at radius 3 is 1.81 bits per heavy atom. The van der Waals surface area contributed by atoms with E-state index in [4.69, 9.17) is 11.8 Å². The highest BCUT2D eigenvalue weighted by Crippen LogP contribution is 2.34. The van der Waals surface area contributed by atoms with Crippen molar-refractivity contribution in [2.75, 3.05) is 0 Å². The van der Waals surface area contributed by atoms with Gasteiger partial charge in [-0.3, -0.25) is 0 Å². The molecule has 0 amide bonds. The van der Waals surface area contributed by atoms with Crippen molar-refractivity contribution >= 4 is 58.1 Å². The van der Waals surface area contributed by atoms with Crippen LogP contribution in [0.4, 0.5) is 4.39 Å². The molecule has 4 aromatic rings. The highest BCUT2D eigenvalue weighted by atomic mass is 35.5. The number of aromatic nitrogens is 4. The van der Waals surface area contributed by atoms with Gasteiger partial charge in [-0.15, -0.1) is 0 Å². The Balaban J connectivity index is 1.76. The zero-order chi connectivity index (χ0) is 21.7. The molecule has 3 aromatic heterocycles. The molecule has 0 spiro atoms. The fourth-order valence-corrected chi connectivity index (χ4v) is 4.25. The highest BCUT2D eigenvalue weighted by Gasteiger charge is 2.18. The van der Waals surface area contributed by atoms with Crippen LogP contribution >= 0.6 is 11.8 Å². The molecule has 0 aliphatic carbocycles. The first-order chi connectivity index (χ1) is 15.6. The maximum Gasteiger partial charge on any atom is 0.158 e. The summed E-state index contributed by atoms with van der Waals surface area (Å²) in [6.07, 6.45) is 7.55. The van der Waals surface area contributed by atoms with Gasteiger partial charge in [-0.1, -0.05) is 30.3 Å². The van der Waals surface area contributed by atoms with E-state index >= 15 is 4.39 Å². The summed E-state index contributed by atoms with van der Waals surface area (Å²) in [6, 6.07) is 20.7. The maximum absolute atomic E-state index is 15.7. The minimum absolute atomic E-state index is 0.244. The SMILES string of the molecule is Fc1c(-c2ccccc2)c2cc3nc(cc4ccc(cc5nc(cc1n2Cl)C=C5)[nH]4)C=C3. The third kappa shape index (κ3) is 3.24. The first kappa shape index (κ1) is 18.8. The van der Waals surface area contributed by atoms with E-state index in [1.54, 1.807) is 12.1 Å². The second kappa shape index (κ2) is 7.32. The molecule has 8 bridgehead atoms. The van der Waals surface area contributed by atoms with Crippen molar-refractivity contribution in [2.24, 2.45) is 0 Å². The lowest BCUT2D eigenvalue weighted by Gasteiger charge is -1.99. The van der Waals surface area contributed by atoms with Crippen LogP contribution in [0.25, 0.3) is 57.5 Å². The second-order valence-electron chi connectivity index (χ2n) is 7.64. The van der Waals surface area contributed by atoms with Crippen molar-refractivity contribution < 1.29 is 4.39 Å². The first-order valence-electron chi connectivity index (χ1n) is 10.2. The zero-order valence-corrected chi connectivity index (χ0v) is 17.5. The Morgan fingerprint density at radius 2 is 1.22 bits per heavy atom. The molecule has 2 aliphatic heterocycles. The fourth-order valence-electron chi connectivity index (χ4n) is 3.99. The van der Waals surface area contributed by atoms with Gasteiger partial charge < -0.3 is 4.98 Å². The molecule has 6 heteroatoms. The zero-order valence-electron chi connectivity index (χ0n) is 16.8. The molecule has 4 nitrogen and oxygen atoms in total. The molecule has 0 fully saturated rings. The fraction of sp³-hybridized carbons (Fsp3) is 0. The van der Waals surface area contributed by atoms with Crippen LogP contribution in [-0.4, -0.2) is 19.0 Å². The molecular weight excluding hydrogens is 423 g/mol. The van der Waals surface area contributed by atoms with E-state index in [0.29, 0.717) is 22.5 Å². The molecule has 0 unspecified atom stereocenters. The first-order valence-corrected chi connectivity index (χ1v) is 10.5. The molecule has 0 radical (unpaired) electrons. The minimum Gasteiger partial charge on any atom is -0.355 e. The molecule has 2 aliphatic rings. The Morgan fingerprint density at radius 1 is 0.688 bits per heavy atom. The smallest absolute Gasteiger partial charge is 0.158 e. The van der Waals surface area contributed by atoms with Gasteiger partial charge in [0, 0.05) is 28.4 Å². The van der Waals surface area contributed by atoms with Crippen LogP contribution in [-0.2, 0) is 0 Å². The number of nitrogens with zero attached hydrogens (tertiary/aromatic N) is 3. The topological polar surface area (TPSA) is 46.5 Å². The summed E-state index contributed by atoms with van der Waals surface area (Å²) in [5.41, 5.74) is 6.69. The third-order valence-corrected chi connectivity index (χ3v) is 5.82. The molecule has 0 atom stereocenters. The maximum atomic E-state index is 15.7. The number of aromatic amines is 1. The van der Waals surface area contributed by atoms with Crippen molar-refractivity contribution in [2.45, 2.75) is 0 Å². The Bertz CT molecular complexity index is 1590. The monoisotopic (exact) mass is 438 g/mol. The molecule has 0 saturated carbocycles. The quantitative estimate of drug-likeness (QED) is 0.302. The van der Waals surface area contributed by atoms with Gasteiger partial charge in [0.1, 0.15) is 0 Å². The van der Waals surface area contributed by atoms with E-state index in [2.05, 4.69) is 15.0 Å². The summed E-state index contributed by atoms with van der Waals surface area (Å²) in [5.74, 6) is -0.401. The Hall–Kier alpha value is -3.96. The van der Waals surface area contributed by atoms with Gasteiger partial charge in [0.05, 0.1) is 33.8 Å². The van der Waals surface area contributed by atoms with E-state index in [-0.39, 0.29) is 5.52 Å². The van der Waals surface area contributed by atoms with Gasteiger partial charge >= 0.3 is 0 Å². The number of halogens is 2. The molecule has 6 rings (SSSR count). The van der Waals surface area contributed by atoms with Crippen LogP contribution in [0.3, 0.4) is 0 Å². The third-order valence-electron chi connectivity index (χ3n) is 5.46. The molecule has 32 heavy (non-hydrogen) atoms. The van der Waals surface area contributed by atoms with Crippen LogP contribution in [0.15, 0.2) is 66.7 Å². The second-order valence-corrected chi connectivity index (χ2v) is 7.98. The van der Waals surface area contributed by atoms with Crippen molar-refractivity contribution in [3.05, 3.63) is 95.3 Å². The molecule has 1 N–H and O–H groups in total. The van der Waals surface area contributed by atoms with Crippen LogP contribution in [0.2, 0.25) is 0 Å². The van der Waals surface area contributed by atoms with E-state index in [9.17, 15) is 0 Å². The summed E-state index contributed by atoms with van der Waals surface area (Å²) >= 11 is 6.68. The van der Waals surface area contributed by atoms with Crippen LogP contribution < -0.4 is 0 Å². The van der Waals surface area contributed by atoms with Crippen molar-refractivity contribution in [3.8, 4) is 11.1 Å². The van der Waals surface area contributed by atoms with Gasteiger partial charge in [-0.2, -0.15) is 0 Å². The number of hydrogen-bond acceptors (Lipinski definition) is 2. The molecule has 154 valence electrons. The summed E-state index contributed by atoms with van der Waals surface area (Å²) in [4.78, 5) is 12.6. The average Bonchev–Trinajstić information content (AvgIpc) is 3.57. The van der Waals surface area contributed by atoms with Crippen LogP contribution in [0, 0.1) is 5.82 Å². The molecular formula is C26H16ClFN4. The summed E-state index contributed by atoms with van der Waals surface area (Å²) in [7, 11) is 0. The van der Waals surface area contributed by atoms with E-state index in [1.165, 1.54) is 4.09 Å². The van der Waals surface area contributed by atoms with Gasteiger partial charge in [-0.25, -0.2) is 18.4 Å². The van der Waals surface area contributed by atoms with Crippen LogP contribution in [0.5, 0.6) is 0 Å². The normalized spacial score (nSPS) is 12.4. The number of fused-ring (bicyclic) bond motifs is 8. The van der Waals surface area contributed by atoms with Crippen molar-refractivity contribution in [1.82, 2.24) is 19.0 Å². The van der Waals surface area contributed by atoms with E-state index in [1.807, 2.05) is 78.9 Å². The molecule has 0 saturated heterocycles. The van der Waals surface area contributed by atoms with E-state index in [0.717, 1.165) is 28.0 Å². The minimum atomic E-state index is -0.401. The standard InChI is InChI=1S/C26H16ClFN4/c27-32-23-14-21-10-8-19(30-21)12-17-6-7-18(29-17)13-20-9-11-22(31-20)15-24(32)26(28)25(23)16-4-2-1-3-5-16/h1-15,29H. The molecule has 5 heterocycles. The average molecular weight is 439 g/mol. The number of nitrogens with one attached hydrogen (secondary N) is 1. The van der Waals surface area contributed by atoms with Gasteiger partial charge in [0.2, 0.25) is 0 Å². The number of hydrogen-bond donors (Lipinski definition) is 1. The van der Waals surface area contributed by atoms with Gasteiger partial charge in [0.15, 0.2) is 5.82 Å². The van der Waals surface area contributed by atoms with Gasteiger partial charge in [0.25, 0.3) is 0 Å². The summed E-state index contributed by atoms with van der Waals surface area (Å²) in [5, 5.41) is 0. The van der Waals surface area contributed by atoms with Gasteiger partial charge in [-0.05, 0) is 66.3 Å². The predicted octanol–water partition coefficient (Wildman–Crippen LogP) is 6.94. The lowest BCUT2D eigenvalue weighted by atomic mass is 10.1. The van der Waals surface area contributed by atoms with Crippen molar-refractivity contribution in [3.63, 3.8) is 0 Å². The number of benzene rings is 1. The Kier molecular flexibility index (Phi) is 4.30. The predicted molar refractivity (Wildman–Crippen MR) is 129 cm³/mol. The summed E-state index contributed by atoms with van der Waals surface area (Å²) in [6.45, 7) is 0. The van der Waals surface area contributed by atoms with E-state index < -0.39 is 5.82 Å². The largest absolute Gasteiger partial charge is 0.355 e. The lowest BCUT2D eigenvalue weighted by molar-refractivity contribution is 0.644. The summed E-state index contributed by atoms with van der Waals surface area (Å²) < 4.78 is 17.1. The van der Waals surface area contributed by atoms with Crippen molar-refractivity contribution in [1.29, 1.82) is 0 Å². The lowest BCUT2D eigenvalue weighted by Crippen LogP contribution is -1.82. The molecule has 1 aromatic carbocycles. The Labute approximate surface area is 188 Å². The number of rotatable bonds is 1. The van der Waals surface area contributed by atoms with Crippen LogP contribution in [0.1, 0.15) is 22.8 Å². The highest BCUT2D eigenvalue weighted by molar-refractivity contribution is 6.21.